The highest BCUT2D eigenvalue weighted by atomic mass is 32.1. The average Bonchev–Trinajstić information content (AvgIpc) is 3.38. The zero-order chi connectivity index (χ0) is 35.6. The van der Waals surface area contributed by atoms with Crippen LogP contribution in [-0.4, -0.2) is 72.7 Å². The molecule has 2 N–H and O–H groups in total. The van der Waals surface area contributed by atoms with Gasteiger partial charge in [0.1, 0.15) is 27.9 Å². The van der Waals surface area contributed by atoms with Crippen molar-refractivity contribution in [3.8, 4) is 22.1 Å². The number of carboxylic acids is 1. The number of benzene rings is 1. The topological polar surface area (TPSA) is 171 Å². The van der Waals surface area contributed by atoms with E-state index in [1.165, 1.54) is 49.5 Å². The second-order valence-electron chi connectivity index (χ2n) is 11.9. The molecule has 17 heteroatoms. The van der Waals surface area contributed by atoms with E-state index in [1.807, 2.05) is 0 Å². The zero-order valence-electron chi connectivity index (χ0n) is 27.0. The molecule has 0 bridgehead atoms. The van der Waals surface area contributed by atoms with Crippen LogP contribution in [0, 0.1) is 11.6 Å². The number of methoxy groups -OCH3 is 1. The Morgan fingerprint density at radius 1 is 1.04 bits per heavy atom. The van der Waals surface area contributed by atoms with Crippen molar-refractivity contribution >= 4 is 39.4 Å². The number of carboxylic acid groups (broad SMARTS) is 1. The van der Waals surface area contributed by atoms with E-state index in [-0.39, 0.29) is 34.3 Å². The zero-order valence-corrected chi connectivity index (χ0v) is 27.8. The summed E-state index contributed by atoms with van der Waals surface area (Å²) >= 11 is 0.984. The molecule has 0 saturated heterocycles. The van der Waals surface area contributed by atoms with Crippen molar-refractivity contribution in [1.82, 2.24) is 29.2 Å². The Labute approximate surface area is 281 Å². The first-order valence-electron chi connectivity index (χ1n) is 14.7. The number of rotatable bonds is 10. The summed E-state index contributed by atoms with van der Waals surface area (Å²) in [5.41, 5.74) is -2.17. The number of aromatic nitrogens is 5. The minimum Gasteiger partial charge on any atom is -0.480 e. The van der Waals surface area contributed by atoms with Crippen molar-refractivity contribution < 1.29 is 33.0 Å². The van der Waals surface area contributed by atoms with Crippen molar-refractivity contribution in [1.29, 1.82) is 0 Å². The third-order valence-corrected chi connectivity index (χ3v) is 8.31. The van der Waals surface area contributed by atoms with Crippen LogP contribution >= 0.6 is 11.3 Å². The lowest BCUT2D eigenvalue weighted by Gasteiger charge is -2.19. The molecule has 5 aromatic rings. The first-order valence-corrected chi connectivity index (χ1v) is 15.5. The number of thiophene rings is 1. The molecule has 0 unspecified atom stereocenters. The van der Waals surface area contributed by atoms with Gasteiger partial charge in [-0.3, -0.25) is 24.4 Å². The van der Waals surface area contributed by atoms with Crippen LogP contribution in [0.5, 0.6) is 5.88 Å². The Morgan fingerprint density at radius 3 is 2.33 bits per heavy atom. The number of aliphatic carboxylic acids is 1. The summed E-state index contributed by atoms with van der Waals surface area (Å²) in [7, 11) is 2.89. The van der Waals surface area contributed by atoms with Gasteiger partial charge in [-0.1, -0.05) is 6.07 Å². The number of halogens is 2. The molecule has 0 fully saturated rings. The maximum Gasteiger partial charge on any atom is 0.413 e. The molecule has 0 saturated carbocycles. The van der Waals surface area contributed by atoms with Crippen LogP contribution in [-0.2, 0) is 22.6 Å². The summed E-state index contributed by atoms with van der Waals surface area (Å²) in [4.78, 5) is 58.5. The summed E-state index contributed by atoms with van der Waals surface area (Å²) < 4.78 is 42.0. The van der Waals surface area contributed by atoms with Gasteiger partial charge in [-0.25, -0.2) is 27.9 Å². The van der Waals surface area contributed by atoms with E-state index in [4.69, 9.17) is 9.47 Å². The third kappa shape index (κ3) is 7.62. The second kappa shape index (κ2) is 13.9. The minimum absolute atomic E-state index is 0.0119. The lowest BCUT2D eigenvalue weighted by Crippen LogP contribution is -2.40. The van der Waals surface area contributed by atoms with Crippen LogP contribution < -0.4 is 21.3 Å². The van der Waals surface area contributed by atoms with Crippen molar-refractivity contribution in [2.24, 2.45) is 0 Å². The first-order chi connectivity index (χ1) is 23.2. The number of amides is 1. The third-order valence-electron chi connectivity index (χ3n) is 7.00. The minimum atomic E-state index is -1.12. The van der Waals surface area contributed by atoms with Gasteiger partial charge in [0.2, 0.25) is 5.88 Å². The summed E-state index contributed by atoms with van der Waals surface area (Å²) in [6.45, 7) is 4.05. The number of carbonyl (C=O) groups is 2. The molecule has 49 heavy (non-hydrogen) atoms. The van der Waals surface area contributed by atoms with E-state index in [0.29, 0.717) is 16.0 Å². The molecule has 0 aliphatic rings. The SMILES string of the molecule is COc1ccc(-n2c(=O)c3c(CN(C)CC(=O)O)c(-c4ccc(NC(=O)OC(C)(C)C)nc4)sc3n(Cc3c(F)cccc3F)c2=O)nn1. The number of fused-ring (bicyclic) bond motifs is 1. The molecule has 1 amide bonds. The molecule has 0 spiro atoms. The summed E-state index contributed by atoms with van der Waals surface area (Å²) in [6.07, 6.45) is 0.696. The van der Waals surface area contributed by atoms with Gasteiger partial charge in [0.05, 0.1) is 25.6 Å². The lowest BCUT2D eigenvalue weighted by atomic mass is 10.1. The Hall–Kier alpha value is -5.55. The molecule has 0 atom stereocenters. The van der Waals surface area contributed by atoms with Crippen molar-refractivity contribution in [3.63, 3.8) is 0 Å². The van der Waals surface area contributed by atoms with E-state index in [1.54, 1.807) is 26.8 Å². The number of pyridine rings is 1. The van der Waals surface area contributed by atoms with Crippen LogP contribution in [0.15, 0.2) is 58.3 Å². The van der Waals surface area contributed by atoms with Crippen LogP contribution in [0.25, 0.3) is 26.5 Å². The average molecular weight is 696 g/mol. The quantitative estimate of drug-likeness (QED) is 0.214. The highest BCUT2D eigenvalue weighted by Crippen LogP contribution is 2.38. The molecule has 14 nitrogen and oxygen atoms in total. The summed E-state index contributed by atoms with van der Waals surface area (Å²) in [5.74, 6) is -2.85. The first kappa shape index (κ1) is 34.8. The molecule has 256 valence electrons. The van der Waals surface area contributed by atoms with Gasteiger partial charge in [-0.15, -0.1) is 21.5 Å². The Kier molecular flexibility index (Phi) is 9.86. The van der Waals surface area contributed by atoms with Crippen LogP contribution in [0.3, 0.4) is 0 Å². The summed E-state index contributed by atoms with van der Waals surface area (Å²) in [5, 5.41) is 19.8. The number of ether oxygens (including phenoxy) is 2. The van der Waals surface area contributed by atoms with E-state index >= 15 is 0 Å². The van der Waals surface area contributed by atoms with Gasteiger partial charge in [0.25, 0.3) is 5.56 Å². The second-order valence-corrected chi connectivity index (χ2v) is 12.9. The summed E-state index contributed by atoms with van der Waals surface area (Å²) in [6, 6.07) is 9.12. The van der Waals surface area contributed by atoms with Crippen molar-refractivity contribution in [3.05, 3.63) is 92.3 Å². The standard InChI is InChI=1S/C32H31F2N7O7S/c1-32(2,3)48-30(45)36-22-10-9-17(13-35-22)27-19(14-39(4)16-25(42)43)26-28(44)41(23-11-12-24(47-5)38-37-23)31(46)40(29(26)49-27)15-18-20(33)7-6-8-21(18)34/h6-13H,14-16H2,1-5H3,(H,42,43)(H,35,36,45). The Morgan fingerprint density at radius 2 is 1.76 bits per heavy atom. The molecule has 0 aliphatic heterocycles. The normalized spacial score (nSPS) is 11.6. The molecular weight excluding hydrogens is 664 g/mol. The number of hydrogen-bond donors (Lipinski definition) is 2. The molecule has 5 rings (SSSR count). The maximum absolute atomic E-state index is 14.9. The van der Waals surface area contributed by atoms with Gasteiger partial charge in [0, 0.05) is 34.8 Å². The van der Waals surface area contributed by atoms with Gasteiger partial charge in [-0.2, -0.15) is 0 Å². The van der Waals surface area contributed by atoms with E-state index in [9.17, 15) is 33.1 Å². The lowest BCUT2D eigenvalue weighted by molar-refractivity contribution is -0.138. The van der Waals surface area contributed by atoms with Gasteiger partial charge >= 0.3 is 17.8 Å². The van der Waals surface area contributed by atoms with E-state index < -0.39 is 59.2 Å². The fourth-order valence-electron chi connectivity index (χ4n) is 4.94. The predicted molar refractivity (Wildman–Crippen MR) is 176 cm³/mol. The number of nitrogens with one attached hydrogen (secondary N) is 1. The number of anilines is 1. The van der Waals surface area contributed by atoms with Crippen molar-refractivity contribution in [2.75, 3.05) is 26.0 Å². The Balaban J connectivity index is 1.77. The Bertz CT molecular complexity index is 2140. The monoisotopic (exact) mass is 695 g/mol. The van der Waals surface area contributed by atoms with E-state index in [2.05, 4.69) is 20.5 Å². The van der Waals surface area contributed by atoms with Crippen molar-refractivity contribution in [2.45, 2.75) is 39.5 Å². The molecule has 1 aromatic carbocycles. The maximum atomic E-state index is 14.9. The molecule has 0 radical (unpaired) electrons. The molecule has 4 aromatic heterocycles. The number of hydrogen-bond acceptors (Lipinski definition) is 11. The van der Waals surface area contributed by atoms with Gasteiger partial charge < -0.3 is 14.6 Å². The van der Waals surface area contributed by atoms with Crippen LogP contribution in [0.2, 0.25) is 0 Å². The number of carbonyl (C=O) groups excluding carboxylic acids is 1. The fraction of sp³-hybridized carbons (Fsp3) is 0.281. The fourth-order valence-corrected chi connectivity index (χ4v) is 6.23. The number of likely N-dealkylation sites (N-methyl/N-ethyl adjacent to an activating group) is 1. The smallest absolute Gasteiger partial charge is 0.413 e. The number of nitrogens with zero attached hydrogens (tertiary/aromatic N) is 6. The highest BCUT2D eigenvalue weighted by Gasteiger charge is 2.27. The van der Waals surface area contributed by atoms with Gasteiger partial charge in [-0.05, 0) is 63.7 Å². The van der Waals surface area contributed by atoms with Gasteiger partial charge in [0.15, 0.2) is 5.82 Å². The van der Waals surface area contributed by atoms with Crippen LogP contribution in [0.4, 0.5) is 19.4 Å². The molecule has 0 aliphatic carbocycles. The predicted octanol–water partition coefficient (Wildman–Crippen LogP) is 4.26. The molecule has 4 heterocycles. The largest absolute Gasteiger partial charge is 0.480 e. The molecular formula is C32H31F2N7O7S. The highest BCUT2D eigenvalue weighted by molar-refractivity contribution is 7.22. The van der Waals surface area contributed by atoms with E-state index in [0.717, 1.165) is 32.6 Å². The van der Waals surface area contributed by atoms with Crippen LogP contribution in [0.1, 0.15) is 31.9 Å².